The van der Waals surface area contributed by atoms with Crippen LogP contribution < -0.4 is 11.5 Å². The minimum Gasteiger partial charge on any atom is -0.391 e. The molecule has 0 bridgehead atoms. The summed E-state index contributed by atoms with van der Waals surface area (Å²) in [6.45, 7) is 3.46. The van der Waals surface area contributed by atoms with Crippen LogP contribution in [0.5, 0.6) is 0 Å². The Hall–Kier alpha value is -0.940. The third kappa shape index (κ3) is 4.00. The molecule has 0 spiro atoms. The molecule has 1 unspecified atom stereocenters. The van der Waals surface area contributed by atoms with Gasteiger partial charge in [-0.2, -0.15) is 0 Å². The van der Waals surface area contributed by atoms with Gasteiger partial charge in [0.15, 0.2) is 0 Å². The highest BCUT2D eigenvalue weighted by atomic mass is 16.6. The molecular formula is C8H16N2O3. The lowest BCUT2D eigenvalue weighted by atomic mass is 10.2. The second-order valence-corrected chi connectivity index (χ2v) is 2.77. The smallest absolute Gasteiger partial charge is 0.330 e. The van der Waals surface area contributed by atoms with E-state index in [9.17, 15) is 9.59 Å². The van der Waals surface area contributed by atoms with Gasteiger partial charge in [0, 0.05) is 0 Å². The van der Waals surface area contributed by atoms with E-state index in [1.165, 1.54) is 0 Å². The molecule has 0 heterocycles. The molecule has 5 nitrogen and oxygen atoms in total. The lowest BCUT2D eigenvalue weighted by molar-refractivity contribution is -0.161. The van der Waals surface area contributed by atoms with Crippen molar-refractivity contribution in [2.75, 3.05) is 0 Å². The standard InChI is InChI=1S/C8H16N2O3/c1-3-5(9)7(11)13-8(12)6(10)4-2/h5-6H,3-4,9-10H2,1-2H3/t5-,6?/m0/s1. The van der Waals surface area contributed by atoms with Crippen molar-refractivity contribution in [1.29, 1.82) is 0 Å². The Bertz CT molecular complexity index is 174. The Labute approximate surface area is 77.4 Å². The van der Waals surface area contributed by atoms with Crippen molar-refractivity contribution in [3.8, 4) is 0 Å². The second-order valence-electron chi connectivity index (χ2n) is 2.77. The van der Waals surface area contributed by atoms with Crippen LogP contribution in [0.1, 0.15) is 26.7 Å². The number of rotatable bonds is 4. The molecule has 13 heavy (non-hydrogen) atoms. The van der Waals surface area contributed by atoms with Crippen molar-refractivity contribution < 1.29 is 14.3 Å². The van der Waals surface area contributed by atoms with Gasteiger partial charge in [0.1, 0.15) is 12.1 Å². The van der Waals surface area contributed by atoms with E-state index in [1.807, 2.05) is 0 Å². The summed E-state index contributed by atoms with van der Waals surface area (Å²) in [6.07, 6.45) is 0.876. The van der Waals surface area contributed by atoms with E-state index in [4.69, 9.17) is 11.5 Å². The summed E-state index contributed by atoms with van der Waals surface area (Å²) in [4.78, 5) is 22.0. The van der Waals surface area contributed by atoms with E-state index in [0.29, 0.717) is 12.8 Å². The number of nitrogens with two attached hydrogens (primary N) is 2. The van der Waals surface area contributed by atoms with Crippen molar-refractivity contribution in [3.05, 3.63) is 0 Å². The van der Waals surface area contributed by atoms with Crippen molar-refractivity contribution >= 4 is 11.9 Å². The predicted octanol–water partition coefficient (Wildman–Crippen LogP) is -0.469. The van der Waals surface area contributed by atoms with E-state index in [0.717, 1.165) is 0 Å². The van der Waals surface area contributed by atoms with E-state index in [-0.39, 0.29) is 0 Å². The molecule has 0 aliphatic rings. The highest BCUT2D eigenvalue weighted by Crippen LogP contribution is 1.95. The van der Waals surface area contributed by atoms with Crippen LogP contribution in [0.3, 0.4) is 0 Å². The molecule has 0 fully saturated rings. The summed E-state index contributed by atoms with van der Waals surface area (Å²) in [7, 11) is 0. The molecule has 0 aliphatic carbocycles. The van der Waals surface area contributed by atoms with Crippen molar-refractivity contribution in [2.24, 2.45) is 11.5 Å². The molecule has 0 saturated heterocycles. The predicted molar refractivity (Wildman–Crippen MR) is 47.6 cm³/mol. The first-order valence-corrected chi connectivity index (χ1v) is 4.29. The largest absolute Gasteiger partial charge is 0.391 e. The van der Waals surface area contributed by atoms with Crippen LogP contribution in [0.2, 0.25) is 0 Å². The van der Waals surface area contributed by atoms with Crippen LogP contribution in [-0.2, 0) is 14.3 Å². The molecule has 5 heteroatoms. The summed E-state index contributed by atoms with van der Waals surface area (Å²) in [5, 5.41) is 0. The van der Waals surface area contributed by atoms with Crippen LogP contribution in [-0.4, -0.2) is 24.0 Å². The third-order valence-corrected chi connectivity index (χ3v) is 1.69. The van der Waals surface area contributed by atoms with Gasteiger partial charge in [-0.05, 0) is 12.8 Å². The van der Waals surface area contributed by atoms with Gasteiger partial charge in [0.2, 0.25) is 0 Å². The van der Waals surface area contributed by atoms with Crippen molar-refractivity contribution in [2.45, 2.75) is 38.8 Å². The topological polar surface area (TPSA) is 95.4 Å². The molecular weight excluding hydrogens is 172 g/mol. The Kier molecular flexibility index (Phi) is 5.25. The van der Waals surface area contributed by atoms with E-state index >= 15 is 0 Å². The quantitative estimate of drug-likeness (QED) is 0.459. The Morgan fingerprint density at radius 2 is 1.38 bits per heavy atom. The Morgan fingerprint density at radius 3 is 1.62 bits per heavy atom. The average Bonchev–Trinajstić information content (AvgIpc) is 2.14. The molecule has 0 amide bonds. The maximum atomic E-state index is 11.0. The molecule has 76 valence electrons. The van der Waals surface area contributed by atoms with Crippen LogP contribution >= 0.6 is 0 Å². The second kappa shape index (κ2) is 5.66. The van der Waals surface area contributed by atoms with Gasteiger partial charge in [0.25, 0.3) is 0 Å². The van der Waals surface area contributed by atoms with Gasteiger partial charge in [0.05, 0.1) is 0 Å². The van der Waals surface area contributed by atoms with Crippen LogP contribution in [0.4, 0.5) is 0 Å². The zero-order valence-corrected chi connectivity index (χ0v) is 7.95. The number of carbonyl (C=O) groups excluding carboxylic acids is 2. The van der Waals surface area contributed by atoms with Gasteiger partial charge < -0.3 is 16.2 Å². The lowest BCUT2D eigenvalue weighted by Gasteiger charge is -2.10. The zero-order valence-electron chi connectivity index (χ0n) is 7.95. The van der Waals surface area contributed by atoms with E-state index in [2.05, 4.69) is 4.74 Å². The molecule has 4 N–H and O–H groups in total. The fourth-order valence-electron chi connectivity index (χ4n) is 0.584. The minimum absolute atomic E-state index is 0.438. The summed E-state index contributed by atoms with van der Waals surface area (Å²) in [5.74, 6) is -1.42. The molecule has 2 atom stereocenters. The van der Waals surface area contributed by atoms with E-state index in [1.54, 1.807) is 13.8 Å². The lowest BCUT2D eigenvalue weighted by Crippen LogP contribution is -2.38. The number of hydrogen-bond donors (Lipinski definition) is 2. The molecule has 0 rings (SSSR count). The average molecular weight is 188 g/mol. The zero-order chi connectivity index (χ0) is 10.4. The van der Waals surface area contributed by atoms with E-state index < -0.39 is 24.0 Å². The number of esters is 2. The van der Waals surface area contributed by atoms with Crippen LogP contribution in [0.25, 0.3) is 0 Å². The molecule has 0 radical (unpaired) electrons. The first kappa shape index (κ1) is 12.1. The molecule has 0 aromatic carbocycles. The monoisotopic (exact) mass is 188 g/mol. The Morgan fingerprint density at radius 1 is 1.08 bits per heavy atom. The van der Waals surface area contributed by atoms with Gasteiger partial charge in [-0.1, -0.05) is 13.8 Å². The van der Waals surface area contributed by atoms with Crippen molar-refractivity contribution in [1.82, 2.24) is 0 Å². The summed E-state index contributed by atoms with van der Waals surface area (Å²) in [6, 6.07) is -1.49. The molecule has 0 saturated carbocycles. The summed E-state index contributed by atoms with van der Waals surface area (Å²) < 4.78 is 4.43. The maximum absolute atomic E-state index is 11.0. The number of carbonyl (C=O) groups is 2. The minimum atomic E-state index is -0.743. The van der Waals surface area contributed by atoms with Gasteiger partial charge in [-0.15, -0.1) is 0 Å². The fraction of sp³-hybridized carbons (Fsp3) is 0.750. The summed E-state index contributed by atoms with van der Waals surface area (Å²) in [5.41, 5.74) is 10.7. The van der Waals surface area contributed by atoms with Gasteiger partial charge in [-0.3, -0.25) is 0 Å². The highest BCUT2D eigenvalue weighted by molar-refractivity contribution is 5.90. The summed E-state index contributed by atoms with van der Waals surface area (Å²) >= 11 is 0. The normalized spacial score (nSPS) is 14.8. The van der Waals surface area contributed by atoms with Crippen LogP contribution in [0.15, 0.2) is 0 Å². The number of hydrogen-bond acceptors (Lipinski definition) is 5. The Balaban J connectivity index is 3.99. The molecule has 0 aromatic rings. The van der Waals surface area contributed by atoms with Gasteiger partial charge in [-0.25, -0.2) is 9.59 Å². The SMILES string of the molecule is CCC(N)C(=O)OC(=O)[C@@H](N)CC. The first-order valence-electron chi connectivity index (χ1n) is 4.29. The fourth-order valence-corrected chi connectivity index (χ4v) is 0.584. The maximum Gasteiger partial charge on any atom is 0.330 e. The molecule has 0 aromatic heterocycles. The molecule has 0 aliphatic heterocycles. The highest BCUT2D eigenvalue weighted by Gasteiger charge is 2.20. The third-order valence-electron chi connectivity index (χ3n) is 1.69. The van der Waals surface area contributed by atoms with Crippen LogP contribution in [0, 0.1) is 0 Å². The first-order chi connectivity index (χ1) is 6.02. The number of ether oxygens (including phenoxy) is 1. The van der Waals surface area contributed by atoms with Gasteiger partial charge >= 0.3 is 11.9 Å². The van der Waals surface area contributed by atoms with Crippen molar-refractivity contribution in [3.63, 3.8) is 0 Å².